The molecule has 1 aromatic rings. The monoisotopic (exact) mass is 258 g/mol. The molecule has 2 atom stereocenters. The van der Waals surface area contributed by atoms with Crippen molar-refractivity contribution in [2.24, 2.45) is 5.92 Å². The van der Waals surface area contributed by atoms with E-state index in [9.17, 15) is 4.79 Å². The lowest BCUT2D eigenvalue weighted by Crippen LogP contribution is -2.31. The van der Waals surface area contributed by atoms with Crippen LogP contribution in [0.3, 0.4) is 0 Å². The van der Waals surface area contributed by atoms with Gasteiger partial charge in [-0.2, -0.15) is 0 Å². The third-order valence-electron chi connectivity index (χ3n) is 4.24. The highest BCUT2D eigenvalue weighted by Crippen LogP contribution is 2.34. The number of hydrogen-bond acceptors (Lipinski definition) is 2. The van der Waals surface area contributed by atoms with E-state index in [0.29, 0.717) is 0 Å². The van der Waals surface area contributed by atoms with E-state index in [0.717, 1.165) is 18.9 Å². The van der Waals surface area contributed by atoms with Crippen molar-refractivity contribution in [3.05, 3.63) is 35.4 Å². The Morgan fingerprint density at radius 3 is 2.58 bits per heavy atom. The summed E-state index contributed by atoms with van der Waals surface area (Å²) in [5.74, 6) is 1.11. The summed E-state index contributed by atoms with van der Waals surface area (Å²) in [4.78, 5) is 14.3. The van der Waals surface area contributed by atoms with Gasteiger partial charge in [0.2, 0.25) is 5.91 Å². The molecule has 0 spiro atoms. The first kappa shape index (κ1) is 12.7. The maximum atomic E-state index is 12.3. The molecule has 2 aliphatic rings. The van der Waals surface area contributed by atoms with Crippen LogP contribution in [0.1, 0.15) is 43.5 Å². The Balaban J connectivity index is 1.76. The zero-order valence-electron chi connectivity index (χ0n) is 11.7. The van der Waals surface area contributed by atoms with E-state index in [1.807, 2.05) is 11.8 Å². The Hall–Kier alpha value is -1.35. The fraction of sp³-hybridized carbons (Fsp3) is 0.562. The van der Waals surface area contributed by atoms with Gasteiger partial charge in [0.1, 0.15) is 6.17 Å². The van der Waals surface area contributed by atoms with Crippen molar-refractivity contribution in [1.82, 2.24) is 10.2 Å². The molecule has 1 amide bonds. The molecule has 19 heavy (non-hydrogen) atoms. The topological polar surface area (TPSA) is 32.3 Å². The number of amides is 1. The zero-order valence-corrected chi connectivity index (χ0v) is 11.7. The van der Waals surface area contributed by atoms with Crippen LogP contribution in [0.5, 0.6) is 0 Å². The Kier molecular flexibility index (Phi) is 3.31. The molecular formula is C16H22N2O. The van der Waals surface area contributed by atoms with Crippen molar-refractivity contribution < 1.29 is 4.79 Å². The number of aryl methyl sites for hydroxylation is 1. The van der Waals surface area contributed by atoms with Gasteiger partial charge in [0.05, 0.1) is 6.04 Å². The first-order valence-corrected chi connectivity index (χ1v) is 7.28. The predicted octanol–water partition coefficient (Wildman–Crippen LogP) is 2.61. The largest absolute Gasteiger partial charge is 0.322 e. The molecule has 3 nitrogen and oxygen atoms in total. The summed E-state index contributed by atoms with van der Waals surface area (Å²) in [7, 11) is 0. The summed E-state index contributed by atoms with van der Waals surface area (Å²) in [6, 6.07) is 8.42. The van der Waals surface area contributed by atoms with Gasteiger partial charge in [-0.15, -0.1) is 0 Å². The lowest BCUT2D eigenvalue weighted by Gasteiger charge is -2.24. The summed E-state index contributed by atoms with van der Waals surface area (Å²) in [6.45, 7) is 4.94. The molecule has 2 fully saturated rings. The fourth-order valence-corrected chi connectivity index (χ4v) is 2.77. The summed E-state index contributed by atoms with van der Waals surface area (Å²) < 4.78 is 0. The maximum absolute atomic E-state index is 12.3. The minimum absolute atomic E-state index is 0.0573. The third-order valence-corrected chi connectivity index (χ3v) is 4.24. The lowest BCUT2D eigenvalue weighted by molar-refractivity contribution is -0.129. The van der Waals surface area contributed by atoms with Crippen molar-refractivity contribution in [3.8, 4) is 0 Å². The van der Waals surface area contributed by atoms with Gasteiger partial charge in [0.25, 0.3) is 0 Å². The van der Waals surface area contributed by atoms with Crippen molar-refractivity contribution in [3.63, 3.8) is 0 Å². The quantitative estimate of drug-likeness (QED) is 0.900. The van der Waals surface area contributed by atoms with Crippen molar-refractivity contribution in [1.29, 1.82) is 0 Å². The molecule has 1 saturated heterocycles. The number of hydrogen-bond donors (Lipinski definition) is 1. The molecule has 0 radical (unpaired) electrons. The minimum Gasteiger partial charge on any atom is -0.322 e. The average Bonchev–Trinajstić information content (AvgIpc) is 3.18. The first-order chi connectivity index (χ1) is 9.15. The highest BCUT2D eigenvalue weighted by Gasteiger charge is 2.37. The second kappa shape index (κ2) is 4.97. The van der Waals surface area contributed by atoms with Crippen molar-refractivity contribution in [2.75, 3.05) is 6.54 Å². The summed E-state index contributed by atoms with van der Waals surface area (Å²) in [5.41, 5.74) is 2.45. The van der Waals surface area contributed by atoms with Crippen LogP contribution in [0.2, 0.25) is 0 Å². The van der Waals surface area contributed by atoms with Crippen LogP contribution >= 0.6 is 0 Å². The number of carbonyl (C=O) groups excluding carboxylic acids is 1. The Labute approximate surface area is 115 Å². The lowest BCUT2D eigenvalue weighted by atomic mass is 10.1. The van der Waals surface area contributed by atoms with Gasteiger partial charge in [0, 0.05) is 6.54 Å². The molecule has 0 aromatic heterocycles. The Morgan fingerprint density at radius 2 is 1.95 bits per heavy atom. The molecule has 1 aliphatic carbocycles. The van der Waals surface area contributed by atoms with E-state index in [-0.39, 0.29) is 18.1 Å². The number of rotatable bonds is 4. The van der Waals surface area contributed by atoms with Crippen LogP contribution in [0.15, 0.2) is 24.3 Å². The number of nitrogens with one attached hydrogen (secondary N) is 1. The fourth-order valence-electron chi connectivity index (χ4n) is 2.77. The van der Waals surface area contributed by atoms with Crippen LogP contribution < -0.4 is 5.32 Å². The van der Waals surface area contributed by atoms with E-state index in [2.05, 4.69) is 36.5 Å². The highest BCUT2D eigenvalue weighted by molar-refractivity contribution is 5.84. The van der Waals surface area contributed by atoms with Crippen molar-refractivity contribution in [2.45, 2.75) is 45.3 Å². The van der Waals surface area contributed by atoms with Crippen LogP contribution in [-0.4, -0.2) is 23.4 Å². The van der Waals surface area contributed by atoms with Gasteiger partial charge in [-0.3, -0.25) is 10.1 Å². The molecule has 1 saturated carbocycles. The molecule has 1 aliphatic heterocycles. The highest BCUT2D eigenvalue weighted by atomic mass is 16.2. The first-order valence-electron chi connectivity index (χ1n) is 7.28. The van der Waals surface area contributed by atoms with Gasteiger partial charge in [-0.05, 0) is 31.7 Å². The number of benzene rings is 1. The summed E-state index contributed by atoms with van der Waals surface area (Å²) in [5, 5.41) is 3.41. The molecule has 1 N–H and O–H groups in total. The second-order valence-corrected chi connectivity index (χ2v) is 5.97. The van der Waals surface area contributed by atoms with Crippen LogP contribution in [0, 0.1) is 12.8 Å². The van der Waals surface area contributed by atoms with E-state index < -0.39 is 0 Å². The predicted molar refractivity (Wildman–Crippen MR) is 75.6 cm³/mol. The maximum Gasteiger partial charge on any atom is 0.241 e. The second-order valence-electron chi connectivity index (χ2n) is 5.97. The molecule has 3 heteroatoms. The van der Waals surface area contributed by atoms with Crippen LogP contribution in [0.25, 0.3) is 0 Å². The normalized spacial score (nSPS) is 27.1. The van der Waals surface area contributed by atoms with Gasteiger partial charge in [-0.1, -0.05) is 42.7 Å². The standard InChI is InChI=1S/C16H22N2O/c1-11-3-7-14(8-4-11)15-17-12(2)16(19)18(15)10-9-13-5-6-13/h3-4,7-8,12-13,15,17H,5-6,9-10H2,1-2H3. The van der Waals surface area contributed by atoms with Gasteiger partial charge in [0.15, 0.2) is 0 Å². The molecule has 1 heterocycles. The molecule has 0 bridgehead atoms. The molecule has 1 aromatic carbocycles. The molecule has 102 valence electrons. The Morgan fingerprint density at radius 1 is 1.26 bits per heavy atom. The number of nitrogens with zero attached hydrogens (tertiary/aromatic N) is 1. The van der Waals surface area contributed by atoms with E-state index >= 15 is 0 Å². The van der Waals surface area contributed by atoms with Crippen LogP contribution in [-0.2, 0) is 4.79 Å². The van der Waals surface area contributed by atoms with Gasteiger partial charge >= 0.3 is 0 Å². The summed E-state index contributed by atoms with van der Waals surface area (Å²) in [6.07, 6.45) is 3.91. The zero-order chi connectivity index (χ0) is 13.4. The number of carbonyl (C=O) groups is 1. The molecular weight excluding hydrogens is 236 g/mol. The molecule has 3 rings (SSSR count). The summed E-state index contributed by atoms with van der Waals surface area (Å²) >= 11 is 0. The SMILES string of the molecule is Cc1ccc(C2NC(C)C(=O)N2CCC2CC2)cc1. The average molecular weight is 258 g/mol. The minimum atomic E-state index is -0.0643. The van der Waals surface area contributed by atoms with E-state index in [1.54, 1.807) is 0 Å². The van der Waals surface area contributed by atoms with E-state index in [4.69, 9.17) is 0 Å². The smallest absolute Gasteiger partial charge is 0.241 e. The Bertz CT molecular complexity index is 464. The van der Waals surface area contributed by atoms with Gasteiger partial charge in [-0.25, -0.2) is 0 Å². The molecule has 2 unspecified atom stereocenters. The third kappa shape index (κ3) is 2.66. The van der Waals surface area contributed by atoms with E-state index in [1.165, 1.54) is 24.0 Å². The van der Waals surface area contributed by atoms with Crippen LogP contribution in [0.4, 0.5) is 0 Å². The van der Waals surface area contributed by atoms with Gasteiger partial charge < -0.3 is 4.90 Å². The van der Waals surface area contributed by atoms with Crippen molar-refractivity contribution >= 4 is 5.91 Å².